The van der Waals surface area contributed by atoms with Gasteiger partial charge in [-0.1, -0.05) is 13.0 Å². The fourth-order valence-corrected chi connectivity index (χ4v) is 2.43. The predicted molar refractivity (Wildman–Crippen MR) is 70.1 cm³/mol. The molecule has 1 aromatic rings. The summed E-state index contributed by atoms with van der Waals surface area (Å²) < 4.78 is 4.94. The first-order valence-corrected chi connectivity index (χ1v) is 6.72. The lowest BCUT2D eigenvalue weighted by Gasteiger charge is -2.11. The van der Waals surface area contributed by atoms with Crippen LogP contribution in [0.3, 0.4) is 0 Å². The highest BCUT2D eigenvalue weighted by Crippen LogP contribution is 2.26. The third-order valence-electron chi connectivity index (χ3n) is 2.26. The molecule has 0 atom stereocenters. The van der Waals surface area contributed by atoms with Crippen LogP contribution in [0.15, 0.2) is 23.1 Å². The van der Waals surface area contributed by atoms with Gasteiger partial charge in [0.15, 0.2) is 0 Å². The highest BCUT2D eigenvalue weighted by atomic mass is 32.2. The van der Waals surface area contributed by atoms with Crippen molar-refractivity contribution >= 4 is 23.7 Å². The smallest absolute Gasteiger partial charge is 0.338 e. The summed E-state index contributed by atoms with van der Waals surface area (Å²) in [6.45, 7) is 3.97. The van der Waals surface area contributed by atoms with E-state index in [1.54, 1.807) is 19.1 Å². The Bertz CT molecular complexity index is 443. The van der Waals surface area contributed by atoms with Gasteiger partial charge in [0.2, 0.25) is 0 Å². The molecular weight excluding hydrogens is 252 g/mol. The van der Waals surface area contributed by atoms with Crippen LogP contribution in [0, 0.1) is 0 Å². The summed E-state index contributed by atoms with van der Waals surface area (Å²) in [5.41, 5.74) is 0.882. The number of hydrogen-bond acceptors (Lipinski definition) is 4. The molecule has 0 fully saturated rings. The zero-order chi connectivity index (χ0) is 13.5. The van der Waals surface area contributed by atoms with E-state index in [-0.39, 0.29) is 13.0 Å². The lowest BCUT2D eigenvalue weighted by molar-refractivity contribution is -0.136. The quantitative estimate of drug-likeness (QED) is 0.634. The zero-order valence-electron chi connectivity index (χ0n) is 10.4. The molecule has 0 heterocycles. The molecule has 0 aliphatic heterocycles. The predicted octanol–water partition coefficient (Wildman–Crippen LogP) is 2.60. The topological polar surface area (TPSA) is 63.6 Å². The number of esters is 1. The van der Waals surface area contributed by atoms with Crippen LogP contribution in [0.5, 0.6) is 0 Å². The van der Waals surface area contributed by atoms with Gasteiger partial charge >= 0.3 is 11.9 Å². The minimum atomic E-state index is -0.954. The minimum Gasteiger partial charge on any atom is -0.481 e. The van der Waals surface area contributed by atoms with Crippen LogP contribution in [0.1, 0.15) is 29.8 Å². The molecule has 4 nitrogen and oxygen atoms in total. The van der Waals surface area contributed by atoms with E-state index in [1.165, 1.54) is 11.8 Å². The van der Waals surface area contributed by atoms with Crippen LogP contribution in [-0.4, -0.2) is 29.4 Å². The van der Waals surface area contributed by atoms with Crippen molar-refractivity contribution in [3.63, 3.8) is 0 Å². The van der Waals surface area contributed by atoms with Crippen LogP contribution < -0.4 is 0 Å². The molecule has 1 N–H and O–H groups in total. The number of thioether (sulfide) groups is 1. The first-order chi connectivity index (χ1) is 8.60. The molecule has 0 aromatic heterocycles. The number of benzene rings is 1. The van der Waals surface area contributed by atoms with Crippen molar-refractivity contribution in [3.05, 3.63) is 29.3 Å². The Kier molecular flexibility index (Phi) is 5.71. The van der Waals surface area contributed by atoms with Gasteiger partial charge in [0.1, 0.15) is 0 Å². The molecule has 0 unspecified atom stereocenters. The first-order valence-electron chi connectivity index (χ1n) is 5.73. The lowest BCUT2D eigenvalue weighted by atomic mass is 10.0. The molecule has 0 amide bonds. The van der Waals surface area contributed by atoms with Gasteiger partial charge in [0, 0.05) is 4.90 Å². The average Bonchev–Trinajstić information content (AvgIpc) is 2.31. The van der Waals surface area contributed by atoms with E-state index >= 15 is 0 Å². The maximum absolute atomic E-state index is 11.8. The van der Waals surface area contributed by atoms with Crippen LogP contribution >= 0.6 is 11.8 Å². The first kappa shape index (κ1) is 14.6. The molecule has 0 saturated heterocycles. The van der Waals surface area contributed by atoms with Crippen molar-refractivity contribution in [2.24, 2.45) is 0 Å². The van der Waals surface area contributed by atoms with E-state index < -0.39 is 11.9 Å². The van der Waals surface area contributed by atoms with Gasteiger partial charge in [-0.25, -0.2) is 4.79 Å². The largest absolute Gasteiger partial charge is 0.481 e. The van der Waals surface area contributed by atoms with Crippen LogP contribution in [0.4, 0.5) is 0 Å². The summed E-state index contributed by atoms with van der Waals surface area (Å²) in [5.74, 6) is -0.601. The van der Waals surface area contributed by atoms with Gasteiger partial charge in [-0.3, -0.25) is 4.79 Å². The number of carboxylic acid groups (broad SMARTS) is 1. The number of aliphatic carboxylic acids is 1. The summed E-state index contributed by atoms with van der Waals surface area (Å²) >= 11 is 1.52. The average molecular weight is 268 g/mol. The third kappa shape index (κ3) is 3.77. The van der Waals surface area contributed by atoms with Crippen molar-refractivity contribution in [2.75, 3.05) is 12.4 Å². The molecule has 0 spiro atoms. The van der Waals surface area contributed by atoms with E-state index in [0.717, 1.165) is 10.6 Å². The highest BCUT2D eigenvalue weighted by molar-refractivity contribution is 7.99. The van der Waals surface area contributed by atoms with Gasteiger partial charge in [-0.05, 0) is 30.4 Å². The van der Waals surface area contributed by atoms with Crippen LogP contribution in [0.25, 0.3) is 0 Å². The Morgan fingerprint density at radius 3 is 2.61 bits per heavy atom. The Morgan fingerprint density at radius 2 is 2.06 bits per heavy atom. The second kappa shape index (κ2) is 7.06. The SMILES string of the molecule is CCOC(=O)c1cccc(SCC)c1CC(=O)O. The van der Waals surface area contributed by atoms with Crippen LogP contribution in [-0.2, 0) is 16.0 Å². The molecule has 98 valence electrons. The molecule has 1 aromatic carbocycles. The number of carbonyl (C=O) groups excluding carboxylic acids is 1. The fourth-order valence-electron chi connectivity index (χ4n) is 1.59. The zero-order valence-corrected chi connectivity index (χ0v) is 11.3. The Balaban J connectivity index is 3.18. The number of ether oxygens (including phenoxy) is 1. The van der Waals surface area contributed by atoms with E-state index in [0.29, 0.717) is 11.1 Å². The lowest BCUT2D eigenvalue weighted by Crippen LogP contribution is -2.12. The summed E-state index contributed by atoms with van der Waals surface area (Å²) in [6, 6.07) is 5.18. The Hall–Kier alpha value is -1.49. The van der Waals surface area contributed by atoms with Crippen molar-refractivity contribution in [1.82, 2.24) is 0 Å². The highest BCUT2D eigenvalue weighted by Gasteiger charge is 2.17. The maximum Gasteiger partial charge on any atom is 0.338 e. The van der Waals surface area contributed by atoms with Gasteiger partial charge in [0.25, 0.3) is 0 Å². The molecule has 1 rings (SSSR count). The van der Waals surface area contributed by atoms with E-state index in [1.807, 2.05) is 13.0 Å². The van der Waals surface area contributed by atoms with Crippen molar-refractivity contribution < 1.29 is 19.4 Å². The second-order valence-corrected chi connectivity index (χ2v) is 4.81. The Labute approximate surface area is 110 Å². The van der Waals surface area contributed by atoms with Crippen LogP contribution in [0.2, 0.25) is 0 Å². The van der Waals surface area contributed by atoms with Crippen molar-refractivity contribution in [2.45, 2.75) is 25.2 Å². The van der Waals surface area contributed by atoms with Crippen molar-refractivity contribution in [1.29, 1.82) is 0 Å². The minimum absolute atomic E-state index is 0.169. The molecule has 5 heteroatoms. The molecule has 0 saturated carbocycles. The summed E-state index contributed by atoms with van der Waals surface area (Å²) in [6.07, 6.45) is -0.169. The molecule has 0 bridgehead atoms. The molecule has 0 aliphatic carbocycles. The summed E-state index contributed by atoms with van der Waals surface area (Å²) in [5, 5.41) is 8.93. The number of carbonyl (C=O) groups is 2. The Morgan fingerprint density at radius 1 is 1.33 bits per heavy atom. The molecule has 0 aliphatic rings. The molecule has 0 radical (unpaired) electrons. The van der Waals surface area contributed by atoms with Gasteiger partial charge in [-0.2, -0.15) is 0 Å². The van der Waals surface area contributed by atoms with E-state index in [9.17, 15) is 9.59 Å². The van der Waals surface area contributed by atoms with E-state index in [2.05, 4.69) is 0 Å². The second-order valence-electron chi connectivity index (χ2n) is 3.51. The summed E-state index contributed by atoms with van der Waals surface area (Å²) in [7, 11) is 0. The normalized spacial score (nSPS) is 10.1. The summed E-state index contributed by atoms with van der Waals surface area (Å²) in [4.78, 5) is 23.5. The molecule has 18 heavy (non-hydrogen) atoms. The van der Waals surface area contributed by atoms with Gasteiger partial charge < -0.3 is 9.84 Å². The standard InChI is InChI=1S/C13H16O4S/c1-3-17-13(16)9-6-5-7-11(18-4-2)10(9)8-12(14)15/h5-7H,3-4,8H2,1-2H3,(H,14,15). The number of carboxylic acids is 1. The fraction of sp³-hybridized carbons (Fsp3) is 0.385. The third-order valence-corrected chi connectivity index (χ3v) is 3.24. The van der Waals surface area contributed by atoms with Crippen molar-refractivity contribution in [3.8, 4) is 0 Å². The van der Waals surface area contributed by atoms with E-state index in [4.69, 9.17) is 9.84 Å². The maximum atomic E-state index is 11.8. The van der Waals surface area contributed by atoms with Gasteiger partial charge in [-0.15, -0.1) is 11.8 Å². The number of rotatable bonds is 6. The number of hydrogen-bond donors (Lipinski definition) is 1. The molecular formula is C13H16O4S. The van der Waals surface area contributed by atoms with Gasteiger partial charge in [0.05, 0.1) is 18.6 Å². The monoisotopic (exact) mass is 268 g/mol.